The summed E-state index contributed by atoms with van der Waals surface area (Å²) in [5.41, 5.74) is 0.587. The van der Waals surface area contributed by atoms with E-state index in [1.807, 2.05) is 6.07 Å². The van der Waals surface area contributed by atoms with Crippen LogP contribution < -0.4 is 5.69 Å². The van der Waals surface area contributed by atoms with E-state index >= 15 is 0 Å². The van der Waals surface area contributed by atoms with Gasteiger partial charge in [-0.3, -0.25) is 4.98 Å². The van der Waals surface area contributed by atoms with Gasteiger partial charge in [-0.1, -0.05) is 0 Å². The summed E-state index contributed by atoms with van der Waals surface area (Å²) in [4.78, 5) is 16.1. The van der Waals surface area contributed by atoms with E-state index in [4.69, 9.17) is 4.74 Å². The predicted octanol–water partition coefficient (Wildman–Crippen LogP) is 0.136. The molecule has 0 aliphatic carbocycles. The van der Waals surface area contributed by atoms with Gasteiger partial charge in [-0.05, 0) is 19.1 Å². The molecule has 0 aromatic carbocycles. The molecule has 3 heterocycles. The molecule has 0 amide bonds. The second kappa shape index (κ2) is 3.81. The average Bonchev–Trinajstić information content (AvgIpc) is 3.09. The zero-order valence-electron chi connectivity index (χ0n) is 9.41. The van der Waals surface area contributed by atoms with E-state index in [1.54, 1.807) is 30.0 Å². The fourth-order valence-electron chi connectivity index (χ4n) is 1.78. The van der Waals surface area contributed by atoms with Crippen molar-refractivity contribution in [2.75, 3.05) is 6.61 Å². The molecular formula is C11H12N4O2. The summed E-state index contributed by atoms with van der Waals surface area (Å²) >= 11 is 0. The minimum Gasteiger partial charge on any atom is -0.371 e. The molecule has 3 rings (SSSR count). The van der Waals surface area contributed by atoms with Crippen molar-refractivity contribution in [1.82, 2.24) is 19.3 Å². The first-order valence-electron chi connectivity index (χ1n) is 5.44. The van der Waals surface area contributed by atoms with Gasteiger partial charge in [0.05, 0.1) is 25.0 Å². The van der Waals surface area contributed by atoms with Crippen LogP contribution in [0.15, 0.2) is 29.3 Å². The monoisotopic (exact) mass is 232 g/mol. The van der Waals surface area contributed by atoms with Gasteiger partial charge < -0.3 is 4.74 Å². The number of pyridine rings is 1. The number of ether oxygens (including phenoxy) is 1. The number of nitrogens with zero attached hydrogens (tertiary/aromatic N) is 4. The fraction of sp³-hybridized carbons (Fsp3) is 0.364. The lowest BCUT2D eigenvalue weighted by Gasteiger charge is -2.00. The van der Waals surface area contributed by atoms with E-state index in [-0.39, 0.29) is 11.8 Å². The fourth-order valence-corrected chi connectivity index (χ4v) is 1.78. The Kier molecular flexibility index (Phi) is 2.29. The molecule has 1 fully saturated rings. The molecule has 6 heteroatoms. The molecule has 0 radical (unpaired) electrons. The quantitative estimate of drug-likeness (QED) is 0.706. The molecule has 0 saturated carbocycles. The summed E-state index contributed by atoms with van der Waals surface area (Å²) in [5, 5.41) is 4.23. The van der Waals surface area contributed by atoms with Gasteiger partial charge in [0.1, 0.15) is 11.9 Å². The highest BCUT2D eigenvalue weighted by Gasteiger charge is 2.25. The Morgan fingerprint density at radius 2 is 2.41 bits per heavy atom. The van der Waals surface area contributed by atoms with E-state index in [2.05, 4.69) is 10.1 Å². The molecule has 1 aliphatic rings. The standard InChI is InChI=1S/C11H12N4O2/c1-8-13-14(6-10-7-17-10)11(16)15(8)9-3-2-4-12-5-9/h2-5,10H,6-7H2,1H3. The van der Waals surface area contributed by atoms with Crippen LogP contribution in [-0.2, 0) is 11.3 Å². The molecule has 1 saturated heterocycles. The molecule has 88 valence electrons. The maximum absolute atomic E-state index is 12.1. The SMILES string of the molecule is Cc1nn(CC2CO2)c(=O)n1-c1cccnc1. The molecule has 2 aromatic heterocycles. The number of rotatable bonds is 3. The highest BCUT2D eigenvalue weighted by molar-refractivity contribution is 5.28. The predicted molar refractivity (Wildman–Crippen MR) is 60.1 cm³/mol. The number of aromatic nitrogens is 4. The molecule has 1 atom stereocenters. The Morgan fingerprint density at radius 3 is 3.06 bits per heavy atom. The van der Waals surface area contributed by atoms with Crippen molar-refractivity contribution in [3.05, 3.63) is 40.8 Å². The topological polar surface area (TPSA) is 65.2 Å². The third kappa shape index (κ3) is 1.87. The van der Waals surface area contributed by atoms with Crippen LogP contribution >= 0.6 is 0 Å². The molecule has 2 aromatic rings. The van der Waals surface area contributed by atoms with Crippen molar-refractivity contribution in [3.63, 3.8) is 0 Å². The van der Waals surface area contributed by atoms with Crippen molar-refractivity contribution in [1.29, 1.82) is 0 Å². The summed E-state index contributed by atoms with van der Waals surface area (Å²) < 4.78 is 8.10. The van der Waals surface area contributed by atoms with E-state index in [0.29, 0.717) is 19.0 Å². The highest BCUT2D eigenvalue weighted by atomic mass is 16.6. The first kappa shape index (κ1) is 10.2. The second-order valence-corrected chi connectivity index (χ2v) is 4.01. The number of hydrogen-bond donors (Lipinski definition) is 0. The highest BCUT2D eigenvalue weighted by Crippen LogP contribution is 2.11. The van der Waals surface area contributed by atoms with Crippen LogP contribution in [0.5, 0.6) is 0 Å². The molecule has 1 aliphatic heterocycles. The van der Waals surface area contributed by atoms with Gasteiger partial charge in [0.25, 0.3) is 0 Å². The van der Waals surface area contributed by atoms with Crippen molar-refractivity contribution in [2.24, 2.45) is 0 Å². The Morgan fingerprint density at radius 1 is 1.59 bits per heavy atom. The van der Waals surface area contributed by atoms with Crippen molar-refractivity contribution in [3.8, 4) is 5.69 Å². The van der Waals surface area contributed by atoms with Crippen molar-refractivity contribution >= 4 is 0 Å². The van der Waals surface area contributed by atoms with Gasteiger partial charge in [0.2, 0.25) is 0 Å². The lowest BCUT2D eigenvalue weighted by Crippen LogP contribution is -2.26. The Balaban J connectivity index is 2.04. The van der Waals surface area contributed by atoms with E-state index in [9.17, 15) is 4.79 Å². The molecule has 1 unspecified atom stereocenters. The Labute approximate surface area is 97.5 Å². The van der Waals surface area contributed by atoms with Crippen LogP contribution in [0, 0.1) is 6.92 Å². The van der Waals surface area contributed by atoms with Gasteiger partial charge in [-0.2, -0.15) is 5.10 Å². The smallest absolute Gasteiger partial charge is 0.350 e. The average molecular weight is 232 g/mol. The summed E-state index contributed by atoms with van der Waals surface area (Å²) in [6, 6.07) is 3.63. The minimum absolute atomic E-state index is 0.143. The first-order valence-corrected chi connectivity index (χ1v) is 5.44. The van der Waals surface area contributed by atoms with Crippen LogP contribution in [0.25, 0.3) is 5.69 Å². The zero-order chi connectivity index (χ0) is 11.8. The van der Waals surface area contributed by atoms with Gasteiger partial charge in [-0.25, -0.2) is 14.0 Å². The summed E-state index contributed by atoms with van der Waals surface area (Å²) in [6.45, 7) is 3.04. The van der Waals surface area contributed by atoms with E-state index < -0.39 is 0 Å². The number of hydrogen-bond acceptors (Lipinski definition) is 4. The molecule has 0 bridgehead atoms. The third-order valence-corrected chi connectivity index (χ3v) is 2.68. The minimum atomic E-state index is -0.147. The van der Waals surface area contributed by atoms with Gasteiger partial charge in [0.15, 0.2) is 0 Å². The summed E-state index contributed by atoms with van der Waals surface area (Å²) in [6.07, 6.45) is 3.46. The van der Waals surface area contributed by atoms with Gasteiger partial charge >= 0.3 is 5.69 Å². The van der Waals surface area contributed by atoms with E-state index in [0.717, 1.165) is 5.69 Å². The van der Waals surface area contributed by atoms with Crippen LogP contribution in [0.3, 0.4) is 0 Å². The largest absolute Gasteiger partial charge is 0.371 e. The normalized spacial score (nSPS) is 18.3. The summed E-state index contributed by atoms with van der Waals surface area (Å²) in [5.74, 6) is 0.656. The molecule has 0 spiro atoms. The van der Waals surface area contributed by atoms with Crippen LogP contribution in [0.4, 0.5) is 0 Å². The molecule has 17 heavy (non-hydrogen) atoms. The lowest BCUT2D eigenvalue weighted by atomic mass is 10.4. The Bertz CT molecular complexity index is 583. The maximum Gasteiger partial charge on any atom is 0.350 e. The van der Waals surface area contributed by atoms with Crippen molar-refractivity contribution in [2.45, 2.75) is 19.6 Å². The van der Waals surface area contributed by atoms with Crippen molar-refractivity contribution < 1.29 is 4.74 Å². The van der Waals surface area contributed by atoms with Crippen LogP contribution in [0.2, 0.25) is 0 Å². The second-order valence-electron chi connectivity index (χ2n) is 4.01. The first-order chi connectivity index (χ1) is 8.25. The number of epoxide rings is 1. The van der Waals surface area contributed by atoms with Gasteiger partial charge in [0, 0.05) is 6.20 Å². The van der Waals surface area contributed by atoms with E-state index in [1.165, 1.54) is 4.68 Å². The number of aryl methyl sites for hydroxylation is 1. The summed E-state index contributed by atoms with van der Waals surface area (Å²) in [7, 11) is 0. The molecular weight excluding hydrogens is 220 g/mol. The molecule has 0 N–H and O–H groups in total. The lowest BCUT2D eigenvalue weighted by molar-refractivity contribution is 0.369. The van der Waals surface area contributed by atoms with Crippen LogP contribution in [-0.4, -0.2) is 32.0 Å². The Hall–Kier alpha value is -1.95. The molecule has 6 nitrogen and oxygen atoms in total. The maximum atomic E-state index is 12.1. The third-order valence-electron chi connectivity index (χ3n) is 2.68. The van der Waals surface area contributed by atoms with Crippen LogP contribution in [0.1, 0.15) is 5.82 Å². The van der Waals surface area contributed by atoms with Gasteiger partial charge in [-0.15, -0.1) is 0 Å². The zero-order valence-corrected chi connectivity index (χ0v) is 9.41.